The monoisotopic (exact) mass is 321 g/mol. The highest BCUT2D eigenvalue weighted by molar-refractivity contribution is 5.73. The van der Waals surface area contributed by atoms with Gasteiger partial charge in [-0.05, 0) is 77.7 Å². The number of aliphatic carboxylic acids is 1. The largest absolute Gasteiger partial charge is 0.488 e. The summed E-state index contributed by atoms with van der Waals surface area (Å²) < 4.78 is 6.12. The van der Waals surface area contributed by atoms with Gasteiger partial charge < -0.3 is 15.6 Å². The van der Waals surface area contributed by atoms with E-state index in [4.69, 9.17) is 10.5 Å². The Bertz CT molecular complexity index is 539. The Balaban J connectivity index is 2.90. The van der Waals surface area contributed by atoms with Crippen LogP contribution >= 0.6 is 0 Å². The number of nitrogens with two attached hydrogens (primary N) is 1. The zero-order valence-electron chi connectivity index (χ0n) is 15.3. The number of hydrogen-bond donors (Lipinski definition) is 2. The van der Waals surface area contributed by atoms with Gasteiger partial charge >= 0.3 is 5.97 Å². The van der Waals surface area contributed by atoms with Crippen molar-refractivity contribution in [2.45, 2.75) is 72.4 Å². The molecular formula is C19H31NO3. The van der Waals surface area contributed by atoms with Crippen LogP contribution in [0.2, 0.25) is 0 Å². The number of rotatable bonds is 6. The molecular weight excluding hydrogens is 290 g/mol. The lowest BCUT2D eigenvalue weighted by atomic mass is 9.82. The van der Waals surface area contributed by atoms with Gasteiger partial charge in [-0.2, -0.15) is 0 Å². The van der Waals surface area contributed by atoms with E-state index in [9.17, 15) is 9.90 Å². The van der Waals surface area contributed by atoms with Crippen molar-refractivity contribution in [3.05, 3.63) is 35.1 Å². The number of ether oxygens (including phenoxy) is 1. The van der Waals surface area contributed by atoms with Crippen LogP contribution in [0.3, 0.4) is 0 Å². The summed E-state index contributed by atoms with van der Waals surface area (Å²) in [7, 11) is 0. The van der Waals surface area contributed by atoms with Gasteiger partial charge in [0.25, 0.3) is 0 Å². The fourth-order valence-corrected chi connectivity index (χ4v) is 3.19. The molecule has 0 unspecified atom stereocenters. The Hall–Kier alpha value is -1.55. The molecule has 23 heavy (non-hydrogen) atoms. The predicted molar refractivity (Wildman–Crippen MR) is 94.0 cm³/mol. The Kier molecular flexibility index (Phi) is 6.23. The van der Waals surface area contributed by atoms with Crippen molar-refractivity contribution in [3.63, 3.8) is 0 Å². The molecule has 1 saturated carbocycles. The molecule has 4 nitrogen and oxygen atoms in total. The summed E-state index contributed by atoms with van der Waals surface area (Å²) in [6.45, 7) is 11.3. The van der Waals surface area contributed by atoms with Gasteiger partial charge in [-0.3, -0.25) is 4.79 Å². The van der Waals surface area contributed by atoms with Gasteiger partial charge in [0, 0.05) is 12.5 Å². The summed E-state index contributed by atoms with van der Waals surface area (Å²) in [5.41, 5.74) is 7.12. The molecule has 1 atom stereocenters. The number of carboxylic acid groups (broad SMARTS) is 1. The molecule has 0 aromatic rings. The smallest absolute Gasteiger partial charge is 0.309 e. The lowest BCUT2D eigenvalue weighted by molar-refractivity contribution is -0.150. The van der Waals surface area contributed by atoms with E-state index in [0.29, 0.717) is 6.42 Å². The van der Waals surface area contributed by atoms with Crippen molar-refractivity contribution in [2.24, 2.45) is 11.1 Å². The van der Waals surface area contributed by atoms with E-state index in [1.807, 2.05) is 39.8 Å². The first kappa shape index (κ1) is 19.5. The summed E-state index contributed by atoms with van der Waals surface area (Å²) in [5.74, 6) is -0.0489. The number of carbonyl (C=O) groups is 1. The second kappa shape index (κ2) is 7.35. The molecule has 1 aliphatic rings. The fraction of sp³-hybridized carbons (Fsp3) is 0.632. The molecule has 0 radical (unpaired) electrons. The second-order valence-corrected chi connectivity index (χ2v) is 7.57. The van der Waals surface area contributed by atoms with Crippen LogP contribution in [0.25, 0.3) is 0 Å². The summed E-state index contributed by atoms with van der Waals surface area (Å²) in [4.78, 5) is 11.3. The zero-order chi connectivity index (χ0) is 17.8. The minimum Gasteiger partial charge on any atom is -0.488 e. The van der Waals surface area contributed by atoms with Crippen LogP contribution in [0.15, 0.2) is 35.1 Å². The van der Waals surface area contributed by atoms with E-state index in [1.165, 1.54) is 11.1 Å². The van der Waals surface area contributed by atoms with Gasteiger partial charge in [0.15, 0.2) is 0 Å². The van der Waals surface area contributed by atoms with Crippen molar-refractivity contribution < 1.29 is 14.6 Å². The first-order valence-electron chi connectivity index (χ1n) is 8.21. The highest BCUT2D eigenvalue weighted by Crippen LogP contribution is 2.34. The average molecular weight is 321 g/mol. The maximum absolute atomic E-state index is 11.3. The van der Waals surface area contributed by atoms with Gasteiger partial charge in [-0.25, -0.2) is 0 Å². The molecule has 0 bridgehead atoms. The van der Waals surface area contributed by atoms with E-state index >= 15 is 0 Å². The Morgan fingerprint density at radius 1 is 1.26 bits per heavy atom. The normalized spacial score (nSPS) is 23.6. The van der Waals surface area contributed by atoms with Gasteiger partial charge in [-0.15, -0.1) is 0 Å². The first-order valence-corrected chi connectivity index (χ1v) is 8.21. The Morgan fingerprint density at radius 2 is 1.83 bits per heavy atom. The van der Waals surface area contributed by atoms with Crippen molar-refractivity contribution in [2.75, 3.05) is 0 Å². The van der Waals surface area contributed by atoms with E-state index in [0.717, 1.165) is 18.6 Å². The van der Waals surface area contributed by atoms with Gasteiger partial charge in [0.2, 0.25) is 0 Å². The van der Waals surface area contributed by atoms with Crippen LogP contribution < -0.4 is 5.73 Å². The molecule has 0 aromatic carbocycles. The summed E-state index contributed by atoms with van der Waals surface area (Å²) in [6, 6.07) is 0.171. The maximum Gasteiger partial charge on any atom is 0.309 e. The van der Waals surface area contributed by atoms with Crippen molar-refractivity contribution >= 4 is 5.97 Å². The summed E-state index contributed by atoms with van der Waals surface area (Å²) in [5, 5.41) is 9.32. The average Bonchev–Trinajstić information content (AvgIpc) is 2.76. The molecule has 0 heterocycles. The highest BCUT2D eigenvalue weighted by Gasteiger charge is 2.36. The van der Waals surface area contributed by atoms with Crippen LogP contribution in [0, 0.1) is 5.41 Å². The number of hydrogen-bond acceptors (Lipinski definition) is 3. The molecule has 1 rings (SSSR count). The van der Waals surface area contributed by atoms with Crippen molar-refractivity contribution in [3.8, 4) is 0 Å². The van der Waals surface area contributed by atoms with E-state index in [1.54, 1.807) is 13.8 Å². The molecule has 130 valence electrons. The van der Waals surface area contributed by atoms with Crippen LogP contribution in [0.4, 0.5) is 0 Å². The number of allylic oxidation sites excluding steroid dienone is 3. The van der Waals surface area contributed by atoms with Crippen molar-refractivity contribution in [1.82, 2.24) is 0 Å². The van der Waals surface area contributed by atoms with Gasteiger partial charge in [0.1, 0.15) is 11.4 Å². The molecule has 0 spiro atoms. The zero-order valence-corrected chi connectivity index (χ0v) is 15.3. The third kappa shape index (κ3) is 5.54. The topological polar surface area (TPSA) is 72.5 Å². The quantitative estimate of drug-likeness (QED) is 0.720. The predicted octanol–water partition coefficient (Wildman–Crippen LogP) is 4.18. The van der Waals surface area contributed by atoms with Crippen LogP contribution in [-0.2, 0) is 9.53 Å². The molecule has 1 aliphatic carbocycles. The van der Waals surface area contributed by atoms with Crippen molar-refractivity contribution in [1.29, 1.82) is 0 Å². The molecule has 4 heteroatoms. The van der Waals surface area contributed by atoms with Gasteiger partial charge in [-0.1, -0.05) is 6.08 Å². The van der Waals surface area contributed by atoms with Gasteiger partial charge in [0.05, 0.1) is 5.41 Å². The summed E-state index contributed by atoms with van der Waals surface area (Å²) >= 11 is 0. The Labute approximate surface area is 140 Å². The fourth-order valence-electron chi connectivity index (χ4n) is 3.19. The lowest BCUT2D eigenvalue weighted by Crippen LogP contribution is -2.35. The standard InChI is InChI=1S/C19H31NO3/c1-7-13-9-15(20)10-14(13)11-16(8-2)23-19(5,6)12-18(3,4)17(21)22/h7-8,11,15H,9-10,12,20H2,1-6H3,(H,21,22)/b13-7-,14-11-,16-8+/t15-/m0/s1. The highest BCUT2D eigenvalue weighted by atomic mass is 16.5. The lowest BCUT2D eigenvalue weighted by Gasteiger charge is -2.33. The van der Waals surface area contributed by atoms with E-state index in [-0.39, 0.29) is 6.04 Å². The SMILES string of the molecule is C/C=C1/C[C@H](N)C/C1=C/C(=C\C)OC(C)(C)CC(C)(C)C(=O)O. The van der Waals surface area contributed by atoms with Crippen LogP contribution in [0.5, 0.6) is 0 Å². The number of carboxylic acids is 1. The second-order valence-electron chi connectivity index (χ2n) is 7.57. The minimum atomic E-state index is -0.834. The molecule has 0 saturated heterocycles. The third-order valence-electron chi connectivity index (χ3n) is 4.17. The molecule has 0 amide bonds. The Morgan fingerprint density at radius 3 is 2.30 bits per heavy atom. The molecule has 0 aromatic heterocycles. The minimum absolute atomic E-state index is 0.171. The molecule has 0 aliphatic heterocycles. The van der Waals surface area contributed by atoms with Crippen LogP contribution in [0.1, 0.15) is 60.8 Å². The van der Waals surface area contributed by atoms with E-state index < -0.39 is 17.0 Å². The molecule has 1 fully saturated rings. The third-order valence-corrected chi connectivity index (χ3v) is 4.17. The van der Waals surface area contributed by atoms with Crippen LogP contribution in [-0.4, -0.2) is 22.7 Å². The summed E-state index contributed by atoms with van der Waals surface area (Å²) in [6.07, 6.45) is 8.23. The van der Waals surface area contributed by atoms with E-state index in [2.05, 4.69) is 6.08 Å². The first-order chi connectivity index (χ1) is 10.5. The molecule has 3 N–H and O–H groups in total. The maximum atomic E-state index is 11.3.